The van der Waals surface area contributed by atoms with Crippen molar-refractivity contribution in [2.75, 3.05) is 12.8 Å². The number of carbonyl (C=O) groups excluding carboxylic acids is 1. The highest BCUT2D eigenvalue weighted by atomic mass is 32.1. The lowest BCUT2D eigenvalue weighted by molar-refractivity contribution is 0.108. The van der Waals surface area contributed by atoms with E-state index in [-0.39, 0.29) is 5.12 Å². The third kappa shape index (κ3) is 1.95. The number of nitrogen functional groups attached to an aromatic ring is 1. The summed E-state index contributed by atoms with van der Waals surface area (Å²) in [6.07, 6.45) is 0. The van der Waals surface area contributed by atoms with Gasteiger partial charge in [0.1, 0.15) is 5.75 Å². The minimum atomic E-state index is -0.319. The molecule has 0 radical (unpaired) electrons. The van der Waals surface area contributed by atoms with Crippen molar-refractivity contribution >= 4 is 23.4 Å². The molecule has 1 aromatic carbocycles. The lowest BCUT2D eigenvalue weighted by Gasteiger charge is -2.08. The molecule has 3 nitrogen and oxygen atoms in total. The number of ether oxygens (including phenoxy) is 1. The van der Waals surface area contributed by atoms with Crippen LogP contribution in [-0.4, -0.2) is 12.2 Å². The van der Waals surface area contributed by atoms with Gasteiger partial charge in [-0.15, -0.1) is 12.6 Å². The lowest BCUT2D eigenvalue weighted by atomic mass is 10.1. The van der Waals surface area contributed by atoms with E-state index in [4.69, 9.17) is 10.5 Å². The summed E-state index contributed by atoms with van der Waals surface area (Å²) >= 11 is 3.73. The fourth-order valence-electron chi connectivity index (χ4n) is 1.04. The Labute approximate surface area is 82.3 Å². The number of nitrogens with two attached hydrogens (primary N) is 1. The predicted octanol–water partition coefficient (Wildman–Crippen LogP) is 1.66. The molecule has 0 aliphatic heterocycles. The van der Waals surface area contributed by atoms with Crippen LogP contribution in [0.4, 0.5) is 5.69 Å². The molecule has 0 atom stereocenters. The van der Waals surface area contributed by atoms with Crippen LogP contribution in [0, 0.1) is 6.92 Å². The Kier molecular flexibility index (Phi) is 2.83. The van der Waals surface area contributed by atoms with Gasteiger partial charge in [-0.3, -0.25) is 4.79 Å². The van der Waals surface area contributed by atoms with E-state index < -0.39 is 0 Å². The smallest absolute Gasteiger partial charge is 0.220 e. The molecule has 0 aromatic heterocycles. The average Bonchev–Trinajstić information content (AvgIpc) is 2.08. The molecule has 2 N–H and O–H groups in total. The molecule has 0 amide bonds. The summed E-state index contributed by atoms with van der Waals surface area (Å²) in [7, 11) is 1.49. The van der Waals surface area contributed by atoms with Gasteiger partial charge >= 0.3 is 0 Å². The molecule has 0 saturated heterocycles. The van der Waals surface area contributed by atoms with Crippen LogP contribution in [0.5, 0.6) is 5.75 Å². The number of carbonyl (C=O) groups is 1. The van der Waals surface area contributed by atoms with Crippen molar-refractivity contribution in [2.45, 2.75) is 6.92 Å². The molecule has 0 spiro atoms. The van der Waals surface area contributed by atoms with Crippen LogP contribution < -0.4 is 10.5 Å². The van der Waals surface area contributed by atoms with E-state index >= 15 is 0 Å². The van der Waals surface area contributed by atoms with Gasteiger partial charge in [0.25, 0.3) is 0 Å². The van der Waals surface area contributed by atoms with E-state index in [9.17, 15) is 4.79 Å². The van der Waals surface area contributed by atoms with Crippen molar-refractivity contribution in [3.63, 3.8) is 0 Å². The summed E-state index contributed by atoms with van der Waals surface area (Å²) in [4.78, 5) is 11.0. The summed E-state index contributed by atoms with van der Waals surface area (Å²) in [5, 5.41) is -0.319. The van der Waals surface area contributed by atoms with Crippen molar-refractivity contribution in [2.24, 2.45) is 0 Å². The highest BCUT2D eigenvalue weighted by molar-refractivity contribution is 7.97. The highest BCUT2D eigenvalue weighted by Gasteiger charge is 2.10. The highest BCUT2D eigenvalue weighted by Crippen LogP contribution is 2.25. The first-order chi connectivity index (χ1) is 6.06. The van der Waals surface area contributed by atoms with Gasteiger partial charge in [-0.25, -0.2) is 0 Å². The molecule has 0 fully saturated rings. The minimum Gasteiger partial charge on any atom is -0.496 e. The van der Waals surface area contributed by atoms with Gasteiger partial charge in [0.05, 0.1) is 12.7 Å². The molecule has 0 heterocycles. The Bertz CT molecular complexity index is 350. The van der Waals surface area contributed by atoms with Crippen LogP contribution >= 0.6 is 12.6 Å². The van der Waals surface area contributed by atoms with Gasteiger partial charge in [0.15, 0.2) is 0 Å². The summed E-state index contributed by atoms with van der Waals surface area (Å²) in [6, 6.07) is 3.29. The normalized spacial score (nSPS) is 9.77. The van der Waals surface area contributed by atoms with Crippen LogP contribution in [0.3, 0.4) is 0 Å². The first-order valence-corrected chi connectivity index (χ1v) is 4.18. The van der Waals surface area contributed by atoms with Crippen molar-refractivity contribution < 1.29 is 9.53 Å². The maximum absolute atomic E-state index is 11.0. The monoisotopic (exact) mass is 197 g/mol. The Morgan fingerprint density at radius 2 is 2.15 bits per heavy atom. The summed E-state index contributed by atoms with van der Waals surface area (Å²) in [6.45, 7) is 1.83. The first kappa shape index (κ1) is 9.92. The van der Waals surface area contributed by atoms with E-state index in [2.05, 4.69) is 12.6 Å². The zero-order valence-electron chi connectivity index (χ0n) is 7.50. The van der Waals surface area contributed by atoms with Crippen molar-refractivity contribution in [3.05, 3.63) is 23.3 Å². The van der Waals surface area contributed by atoms with Gasteiger partial charge < -0.3 is 10.5 Å². The van der Waals surface area contributed by atoms with Gasteiger partial charge in [-0.2, -0.15) is 0 Å². The molecule has 1 rings (SSSR count). The summed E-state index contributed by atoms with van der Waals surface area (Å²) < 4.78 is 4.99. The number of methoxy groups -OCH3 is 1. The molecule has 70 valence electrons. The molecule has 0 aliphatic rings. The second kappa shape index (κ2) is 3.70. The van der Waals surface area contributed by atoms with E-state index in [1.165, 1.54) is 7.11 Å². The SMILES string of the molecule is COc1cc(N)c(C)cc1C(=O)S. The fraction of sp³-hybridized carbons (Fsp3) is 0.222. The molecule has 13 heavy (non-hydrogen) atoms. The molecule has 0 aliphatic carbocycles. The Hall–Kier alpha value is -1.16. The minimum absolute atomic E-state index is 0.319. The van der Waals surface area contributed by atoms with Crippen LogP contribution in [0.15, 0.2) is 12.1 Å². The number of thiol groups is 1. The third-order valence-electron chi connectivity index (χ3n) is 1.82. The average molecular weight is 197 g/mol. The van der Waals surface area contributed by atoms with E-state index in [1.54, 1.807) is 12.1 Å². The van der Waals surface area contributed by atoms with E-state index in [0.29, 0.717) is 17.0 Å². The number of benzene rings is 1. The van der Waals surface area contributed by atoms with Crippen molar-refractivity contribution in [1.29, 1.82) is 0 Å². The largest absolute Gasteiger partial charge is 0.496 e. The Balaban J connectivity index is 3.33. The van der Waals surface area contributed by atoms with Gasteiger partial charge in [-0.1, -0.05) is 0 Å². The summed E-state index contributed by atoms with van der Waals surface area (Å²) in [5.74, 6) is 0.461. The first-order valence-electron chi connectivity index (χ1n) is 3.73. The zero-order valence-corrected chi connectivity index (χ0v) is 8.39. The number of hydrogen-bond acceptors (Lipinski definition) is 3. The van der Waals surface area contributed by atoms with E-state index in [0.717, 1.165) is 5.56 Å². The van der Waals surface area contributed by atoms with Crippen LogP contribution in [-0.2, 0) is 0 Å². The molecule has 0 bridgehead atoms. The second-order valence-electron chi connectivity index (χ2n) is 2.71. The number of rotatable bonds is 2. The van der Waals surface area contributed by atoms with Crippen molar-refractivity contribution in [3.8, 4) is 5.75 Å². The van der Waals surface area contributed by atoms with Crippen LogP contribution in [0.2, 0.25) is 0 Å². The van der Waals surface area contributed by atoms with Gasteiger partial charge in [0, 0.05) is 11.8 Å². The maximum Gasteiger partial charge on any atom is 0.220 e. The molecule has 0 saturated carbocycles. The molecule has 0 unspecified atom stereocenters. The van der Waals surface area contributed by atoms with Crippen LogP contribution in [0.25, 0.3) is 0 Å². The molecular weight excluding hydrogens is 186 g/mol. The maximum atomic E-state index is 11.0. The Morgan fingerprint density at radius 3 is 2.62 bits per heavy atom. The topological polar surface area (TPSA) is 52.3 Å². The van der Waals surface area contributed by atoms with Gasteiger partial charge in [0.2, 0.25) is 5.12 Å². The molecule has 4 heteroatoms. The third-order valence-corrected chi connectivity index (χ3v) is 2.06. The van der Waals surface area contributed by atoms with E-state index in [1.807, 2.05) is 6.92 Å². The molecular formula is C9H11NO2S. The van der Waals surface area contributed by atoms with Crippen molar-refractivity contribution in [1.82, 2.24) is 0 Å². The standard InChI is InChI=1S/C9H11NO2S/c1-5-3-6(9(11)13)8(12-2)4-7(5)10/h3-4H,10H2,1-2H3,(H,11,13). The molecule has 1 aromatic rings. The second-order valence-corrected chi connectivity index (χ2v) is 3.12. The summed E-state index contributed by atoms with van der Waals surface area (Å²) in [5.41, 5.74) is 7.54. The number of aryl methyl sites for hydroxylation is 1. The fourth-order valence-corrected chi connectivity index (χ4v) is 1.21. The van der Waals surface area contributed by atoms with Gasteiger partial charge in [-0.05, 0) is 18.6 Å². The number of anilines is 1. The quantitative estimate of drug-likeness (QED) is 0.560. The van der Waals surface area contributed by atoms with Crippen LogP contribution in [0.1, 0.15) is 15.9 Å². The Morgan fingerprint density at radius 1 is 1.54 bits per heavy atom. The predicted molar refractivity (Wildman–Crippen MR) is 55.5 cm³/mol. The number of hydrogen-bond donors (Lipinski definition) is 2. The zero-order chi connectivity index (χ0) is 10.0. The lowest BCUT2D eigenvalue weighted by Crippen LogP contribution is -1.99.